The molecule has 1 fully saturated rings. The third-order valence-corrected chi connectivity index (χ3v) is 3.90. The van der Waals surface area contributed by atoms with Gasteiger partial charge >= 0.3 is 0 Å². The molecular weight excluding hydrogens is 250 g/mol. The monoisotopic (exact) mass is 269 g/mol. The Morgan fingerprint density at radius 3 is 3.00 bits per heavy atom. The summed E-state index contributed by atoms with van der Waals surface area (Å²) in [6.45, 7) is 3.62. The molecule has 1 saturated heterocycles. The van der Waals surface area contributed by atoms with Crippen LogP contribution in [0, 0.1) is 0 Å². The molecule has 1 aliphatic rings. The molecule has 2 rings (SSSR count). The molecule has 5 nitrogen and oxygen atoms in total. The van der Waals surface area contributed by atoms with Crippen molar-refractivity contribution in [3.8, 4) is 0 Å². The number of nitrogens with zero attached hydrogens (tertiary/aromatic N) is 2. The predicted molar refractivity (Wildman–Crippen MR) is 71.6 cm³/mol. The molecule has 0 bridgehead atoms. The van der Waals surface area contributed by atoms with Crippen molar-refractivity contribution in [1.29, 1.82) is 0 Å². The number of amides is 1. The lowest BCUT2D eigenvalue weighted by atomic mass is 10.2. The van der Waals surface area contributed by atoms with Crippen LogP contribution in [-0.4, -0.2) is 40.4 Å². The van der Waals surface area contributed by atoms with Crippen molar-refractivity contribution in [3.63, 3.8) is 0 Å². The van der Waals surface area contributed by atoms with Gasteiger partial charge in [-0.2, -0.15) is 11.8 Å². The first-order chi connectivity index (χ1) is 8.72. The molecule has 0 aliphatic carbocycles. The van der Waals surface area contributed by atoms with Gasteiger partial charge in [0, 0.05) is 24.6 Å². The van der Waals surface area contributed by atoms with Gasteiger partial charge in [-0.15, -0.1) is 0 Å². The van der Waals surface area contributed by atoms with Gasteiger partial charge in [-0.05, 0) is 6.42 Å². The molecule has 2 heterocycles. The quantitative estimate of drug-likeness (QED) is 0.900. The fourth-order valence-electron chi connectivity index (χ4n) is 1.92. The molecule has 0 spiro atoms. The van der Waals surface area contributed by atoms with Gasteiger partial charge in [-0.3, -0.25) is 4.79 Å². The molecule has 100 valence electrons. The highest BCUT2D eigenvalue weighted by molar-refractivity contribution is 7.99. The molecule has 1 aromatic heterocycles. The minimum Gasteiger partial charge on any atom is -0.446 e. The predicted octanol–water partition coefficient (Wildman–Crippen LogP) is 1.66. The third kappa shape index (κ3) is 3.05. The van der Waals surface area contributed by atoms with E-state index in [2.05, 4.69) is 11.9 Å². The van der Waals surface area contributed by atoms with Crippen molar-refractivity contribution >= 4 is 17.7 Å². The van der Waals surface area contributed by atoms with Crippen LogP contribution in [0.5, 0.6) is 0 Å². The van der Waals surface area contributed by atoms with Crippen LogP contribution in [0.1, 0.15) is 42.2 Å². The molecule has 1 atom stereocenters. The highest BCUT2D eigenvalue weighted by Crippen LogP contribution is 2.17. The zero-order valence-corrected chi connectivity index (χ0v) is 11.4. The van der Waals surface area contributed by atoms with E-state index in [0.29, 0.717) is 11.6 Å². The number of hydrogen-bond donors (Lipinski definition) is 1. The van der Waals surface area contributed by atoms with E-state index in [9.17, 15) is 4.79 Å². The van der Waals surface area contributed by atoms with Crippen molar-refractivity contribution in [1.82, 2.24) is 9.88 Å². The largest absolute Gasteiger partial charge is 0.446 e. The Labute approximate surface area is 111 Å². The van der Waals surface area contributed by atoms with Crippen molar-refractivity contribution in [3.05, 3.63) is 17.8 Å². The van der Waals surface area contributed by atoms with E-state index in [0.717, 1.165) is 37.4 Å². The van der Waals surface area contributed by atoms with Gasteiger partial charge in [0.05, 0.1) is 6.04 Å². The molecule has 0 aromatic carbocycles. The molecule has 1 unspecified atom stereocenters. The summed E-state index contributed by atoms with van der Waals surface area (Å²) in [5, 5.41) is 0. The minimum atomic E-state index is -0.214. The fourth-order valence-corrected chi connectivity index (χ4v) is 2.82. The van der Waals surface area contributed by atoms with Crippen LogP contribution in [0.15, 0.2) is 10.7 Å². The Hall–Kier alpha value is -1.01. The Morgan fingerprint density at radius 1 is 1.61 bits per heavy atom. The van der Waals surface area contributed by atoms with Gasteiger partial charge in [-0.25, -0.2) is 4.98 Å². The van der Waals surface area contributed by atoms with Crippen molar-refractivity contribution < 1.29 is 9.21 Å². The average Bonchev–Trinajstić information content (AvgIpc) is 2.89. The molecule has 18 heavy (non-hydrogen) atoms. The number of carbonyl (C=O) groups is 1. The number of rotatable bonds is 4. The number of carbonyl (C=O) groups excluding carboxylic acids is 1. The van der Waals surface area contributed by atoms with E-state index in [1.165, 1.54) is 6.26 Å². The highest BCUT2D eigenvalue weighted by Gasteiger charge is 2.22. The lowest BCUT2D eigenvalue weighted by Gasteiger charge is -2.25. The summed E-state index contributed by atoms with van der Waals surface area (Å²) in [5.74, 6) is 2.40. The normalized spacial score (nSPS) is 17.8. The summed E-state index contributed by atoms with van der Waals surface area (Å²) in [5.41, 5.74) is 6.29. The highest BCUT2D eigenvalue weighted by atomic mass is 32.2. The van der Waals surface area contributed by atoms with Crippen LogP contribution >= 0.6 is 11.8 Å². The van der Waals surface area contributed by atoms with Gasteiger partial charge < -0.3 is 15.1 Å². The summed E-state index contributed by atoms with van der Waals surface area (Å²) in [4.78, 5) is 18.2. The minimum absolute atomic E-state index is 0.0472. The summed E-state index contributed by atoms with van der Waals surface area (Å²) in [7, 11) is 0. The lowest BCUT2D eigenvalue weighted by Crippen LogP contribution is -2.38. The molecule has 1 amide bonds. The molecule has 6 heteroatoms. The van der Waals surface area contributed by atoms with E-state index in [4.69, 9.17) is 10.2 Å². The Kier molecular flexibility index (Phi) is 4.66. The fraction of sp³-hybridized carbons (Fsp3) is 0.667. The SMILES string of the molecule is CCCC(N)c1nc(C(=O)N2CCSCC2)co1. The zero-order chi connectivity index (χ0) is 13.0. The third-order valence-electron chi connectivity index (χ3n) is 2.96. The second-order valence-corrected chi connectivity index (χ2v) is 5.60. The first-order valence-corrected chi connectivity index (χ1v) is 7.46. The van der Waals surface area contributed by atoms with Crippen LogP contribution in [0.25, 0.3) is 0 Å². The first-order valence-electron chi connectivity index (χ1n) is 6.30. The molecule has 1 aliphatic heterocycles. The van der Waals surface area contributed by atoms with E-state index in [1.54, 1.807) is 0 Å². The summed E-state index contributed by atoms with van der Waals surface area (Å²) >= 11 is 1.87. The molecule has 1 aromatic rings. The molecule has 0 radical (unpaired) electrons. The zero-order valence-electron chi connectivity index (χ0n) is 10.6. The molecule has 0 saturated carbocycles. The topological polar surface area (TPSA) is 72.4 Å². The Balaban J connectivity index is 2.02. The van der Waals surface area contributed by atoms with Crippen molar-refractivity contribution in [2.24, 2.45) is 5.73 Å². The van der Waals surface area contributed by atoms with Gasteiger partial charge in [0.1, 0.15) is 6.26 Å². The molecular formula is C12H19N3O2S. The molecule has 2 N–H and O–H groups in total. The number of hydrogen-bond acceptors (Lipinski definition) is 5. The summed E-state index contributed by atoms with van der Waals surface area (Å²) < 4.78 is 5.30. The number of thioether (sulfide) groups is 1. The van der Waals surface area contributed by atoms with Gasteiger partial charge in [-0.1, -0.05) is 13.3 Å². The van der Waals surface area contributed by atoms with Gasteiger partial charge in [0.25, 0.3) is 5.91 Å². The van der Waals surface area contributed by atoms with Crippen LogP contribution in [-0.2, 0) is 0 Å². The first kappa shape index (κ1) is 13.4. The second-order valence-electron chi connectivity index (χ2n) is 4.37. The maximum Gasteiger partial charge on any atom is 0.275 e. The van der Waals surface area contributed by atoms with E-state index in [1.807, 2.05) is 16.7 Å². The number of aromatic nitrogens is 1. The summed E-state index contributed by atoms with van der Waals surface area (Å²) in [6, 6.07) is -0.214. The van der Waals surface area contributed by atoms with Crippen molar-refractivity contribution in [2.75, 3.05) is 24.6 Å². The van der Waals surface area contributed by atoms with Crippen molar-refractivity contribution in [2.45, 2.75) is 25.8 Å². The van der Waals surface area contributed by atoms with Crippen LogP contribution < -0.4 is 5.73 Å². The van der Waals surface area contributed by atoms with E-state index >= 15 is 0 Å². The van der Waals surface area contributed by atoms with Crippen LogP contribution in [0.4, 0.5) is 0 Å². The van der Waals surface area contributed by atoms with Crippen LogP contribution in [0.3, 0.4) is 0 Å². The van der Waals surface area contributed by atoms with E-state index < -0.39 is 0 Å². The number of nitrogens with two attached hydrogens (primary N) is 1. The van der Waals surface area contributed by atoms with Crippen LogP contribution in [0.2, 0.25) is 0 Å². The lowest BCUT2D eigenvalue weighted by molar-refractivity contribution is 0.0766. The Bertz CT molecular complexity index is 402. The van der Waals surface area contributed by atoms with E-state index in [-0.39, 0.29) is 11.9 Å². The smallest absolute Gasteiger partial charge is 0.275 e. The second kappa shape index (κ2) is 6.24. The maximum absolute atomic E-state index is 12.1. The van der Waals surface area contributed by atoms with Gasteiger partial charge in [0.15, 0.2) is 5.69 Å². The Morgan fingerprint density at radius 2 is 2.33 bits per heavy atom. The maximum atomic E-state index is 12.1. The van der Waals surface area contributed by atoms with Gasteiger partial charge in [0.2, 0.25) is 5.89 Å². The summed E-state index contributed by atoms with van der Waals surface area (Å²) in [6.07, 6.45) is 3.21. The standard InChI is InChI=1S/C12H19N3O2S/c1-2-3-9(13)11-14-10(8-17-11)12(16)15-4-6-18-7-5-15/h8-9H,2-7,13H2,1H3. The average molecular weight is 269 g/mol. The number of oxazole rings is 1.